The molecule has 0 saturated heterocycles. The minimum atomic E-state index is -0.553. The van der Waals surface area contributed by atoms with E-state index in [2.05, 4.69) is 5.32 Å². The van der Waals surface area contributed by atoms with Gasteiger partial charge >= 0.3 is 0 Å². The van der Waals surface area contributed by atoms with Crippen LogP contribution in [0.25, 0.3) is 0 Å². The molecule has 0 fully saturated rings. The molecule has 7 heteroatoms. The van der Waals surface area contributed by atoms with E-state index in [-0.39, 0.29) is 30.7 Å². The van der Waals surface area contributed by atoms with E-state index in [0.717, 1.165) is 0 Å². The number of ether oxygens (including phenoxy) is 1. The number of anilines is 1. The Labute approximate surface area is 109 Å². The van der Waals surface area contributed by atoms with Gasteiger partial charge in [-0.2, -0.15) is 0 Å². The van der Waals surface area contributed by atoms with E-state index in [1.807, 2.05) is 0 Å². The van der Waals surface area contributed by atoms with Crippen molar-refractivity contribution in [3.05, 3.63) is 28.8 Å². The lowest BCUT2D eigenvalue weighted by atomic mass is 10.2. The van der Waals surface area contributed by atoms with E-state index in [1.54, 1.807) is 6.07 Å². The summed E-state index contributed by atoms with van der Waals surface area (Å²) < 4.78 is 4.89. The monoisotopic (exact) mass is 271 g/mol. The van der Waals surface area contributed by atoms with Crippen molar-refractivity contribution in [2.45, 2.75) is 0 Å². The van der Waals surface area contributed by atoms with E-state index in [1.165, 1.54) is 12.1 Å². The fourth-order valence-corrected chi connectivity index (χ4v) is 1.50. The van der Waals surface area contributed by atoms with Gasteiger partial charge in [0.25, 0.3) is 5.91 Å². The Kier molecular flexibility index (Phi) is 5.41. The van der Waals surface area contributed by atoms with Crippen LogP contribution in [-0.4, -0.2) is 31.6 Å². The van der Waals surface area contributed by atoms with E-state index < -0.39 is 5.91 Å². The lowest BCUT2D eigenvalue weighted by molar-refractivity contribution is -0.122. The van der Waals surface area contributed by atoms with Crippen molar-refractivity contribution in [1.29, 1.82) is 0 Å². The molecule has 0 spiro atoms. The highest BCUT2D eigenvalue weighted by molar-refractivity contribution is 6.34. The minimum Gasteiger partial charge on any atom is -0.399 e. The number of carbonyl (C=O) groups excluding carboxylic acids is 2. The van der Waals surface area contributed by atoms with Crippen molar-refractivity contribution >= 4 is 29.1 Å². The summed E-state index contributed by atoms with van der Waals surface area (Å²) in [6, 6.07) is 4.63. The molecule has 0 aliphatic carbocycles. The zero-order valence-corrected chi connectivity index (χ0v) is 10.4. The molecule has 0 heterocycles. The van der Waals surface area contributed by atoms with Crippen molar-refractivity contribution in [1.82, 2.24) is 5.32 Å². The van der Waals surface area contributed by atoms with Crippen LogP contribution in [0.15, 0.2) is 18.2 Å². The number of hydrogen-bond donors (Lipinski definition) is 3. The summed E-state index contributed by atoms with van der Waals surface area (Å²) >= 11 is 5.87. The maximum Gasteiger partial charge on any atom is 0.252 e. The molecule has 98 valence electrons. The number of carbonyl (C=O) groups is 2. The summed E-state index contributed by atoms with van der Waals surface area (Å²) in [5.41, 5.74) is 11.2. The number of nitrogens with one attached hydrogen (secondary N) is 1. The molecule has 0 saturated carbocycles. The highest BCUT2D eigenvalue weighted by atomic mass is 35.5. The summed E-state index contributed by atoms with van der Waals surface area (Å²) in [5, 5.41) is 2.87. The van der Waals surface area contributed by atoms with E-state index in [4.69, 9.17) is 27.8 Å². The second kappa shape index (κ2) is 6.83. The zero-order valence-electron chi connectivity index (χ0n) is 9.61. The average Bonchev–Trinajstić information content (AvgIpc) is 2.27. The molecule has 0 bridgehead atoms. The third-order valence-electron chi connectivity index (χ3n) is 2.01. The van der Waals surface area contributed by atoms with Crippen molar-refractivity contribution < 1.29 is 14.3 Å². The highest BCUT2D eigenvalue weighted by Gasteiger charge is 2.09. The summed E-state index contributed by atoms with van der Waals surface area (Å²) in [5.74, 6) is -0.884. The number of amides is 2. The van der Waals surface area contributed by atoms with Gasteiger partial charge in [-0.05, 0) is 18.2 Å². The maximum atomic E-state index is 11.7. The quantitative estimate of drug-likeness (QED) is 0.506. The summed E-state index contributed by atoms with van der Waals surface area (Å²) in [6.07, 6.45) is 0. The van der Waals surface area contributed by atoms with Crippen LogP contribution in [0.4, 0.5) is 5.69 Å². The second-order valence-electron chi connectivity index (χ2n) is 3.51. The Bertz CT molecular complexity index is 451. The van der Waals surface area contributed by atoms with Crippen LogP contribution >= 0.6 is 11.6 Å². The molecule has 2 amide bonds. The second-order valence-corrected chi connectivity index (χ2v) is 3.92. The predicted octanol–water partition coefficient (Wildman–Crippen LogP) is 0.154. The maximum absolute atomic E-state index is 11.7. The van der Waals surface area contributed by atoms with Gasteiger partial charge in [-0.3, -0.25) is 9.59 Å². The molecule has 1 aromatic rings. The summed E-state index contributed by atoms with van der Waals surface area (Å²) in [7, 11) is 0. The molecular formula is C11H14ClN3O3. The standard InChI is InChI=1S/C11H14ClN3O3/c12-9-5-7(13)1-2-8(9)11(17)15-3-4-18-6-10(14)16/h1-2,5H,3-4,6,13H2,(H2,14,16)(H,15,17). The topological polar surface area (TPSA) is 107 Å². The van der Waals surface area contributed by atoms with Crippen LogP contribution in [-0.2, 0) is 9.53 Å². The van der Waals surface area contributed by atoms with Gasteiger partial charge in [0.15, 0.2) is 0 Å². The van der Waals surface area contributed by atoms with E-state index in [0.29, 0.717) is 11.3 Å². The van der Waals surface area contributed by atoms with Gasteiger partial charge in [0.1, 0.15) is 6.61 Å². The van der Waals surface area contributed by atoms with Gasteiger partial charge in [-0.15, -0.1) is 0 Å². The number of hydrogen-bond acceptors (Lipinski definition) is 4. The van der Waals surface area contributed by atoms with Crippen molar-refractivity contribution in [3.8, 4) is 0 Å². The van der Waals surface area contributed by atoms with Crippen molar-refractivity contribution in [3.63, 3.8) is 0 Å². The van der Waals surface area contributed by atoms with Crippen molar-refractivity contribution in [2.75, 3.05) is 25.5 Å². The van der Waals surface area contributed by atoms with Crippen LogP contribution in [0.5, 0.6) is 0 Å². The zero-order chi connectivity index (χ0) is 13.5. The number of nitrogen functional groups attached to an aromatic ring is 1. The summed E-state index contributed by atoms with van der Waals surface area (Å²) in [4.78, 5) is 22.1. The average molecular weight is 272 g/mol. The van der Waals surface area contributed by atoms with Gasteiger partial charge in [0.2, 0.25) is 5.91 Å². The molecule has 5 N–H and O–H groups in total. The number of nitrogens with two attached hydrogens (primary N) is 2. The van der Waals surface area contributed by atoms with Crippen LogP contribution in [0.2, 0.25) is 5.02 Å². The Morgan fingerprint density at radius 2 is 2.11 bits per heavy atom. The predicted molar refractivity (Wildman–Crippen MR) is 68.2 cm³/mol. The molecule has 0 aliphatic rings. The van der Waals surface area contributed by atoms with Gasteiger partial charge < -0.3 is 21.5 Å². The molecule has 1 rings (SSSR count). The number of rotatable bonds is 6. The first-order valence-corrected chi connectivity index (χ1v) is 5.58. The fourth-order valence-electron chi connectivity index (χ4n) is 1.22. The van der Waals surface area contributed by atoms with Gasteiger partial charge in [-0.25, -0.2) is 0 Å². The van der Waals surface area contributed by atoms with Crippen LogP contribution in [0, 0.1) is 0 Å². The van der Waals surface area contributed by atoms with Crippen LogP contribution in [0.3, 0.4) is 0 Å². The van der Waals surface area contributed by atoms with E-state index in [9.17, 15) is 9.59 Å². The largest absolute Gasteiger partial charge is 0.399 e. The summed E-state index contributed by atoms with van der Waals surface area (Å²) in [6.45, 7) is 0.284. The number of primary amides is 1. The number of halogens is 1. The molecule has 0 aromatic heterocycles. The highest BCUT2D eigenvalue weighted by Crippen LogP contribution is 2.18. The fraction of sp³-hybridized carbons (Fsp3) is 0.273. The first-order chi connectivity index (χ1) is 8.50. The first-order valence-electron chi connectivity index (χ1n) is 5.20. The molecule has 6 nitrogen and oxygen atoms in total. The van der Waals surface area contributed by atoms with Crippen molar-refractivity contribution in [2.24, 2.45) is 5.73 Å². The van der Waals surface area contributed by atoms with E-state index >= 15 is 0 Å². The Balaban J connectivity index is 2.39. The molecule has 0 aliphatic heterocycles. The Morgan fingerprint density at radius 1 is 1.39 bits per heavy atom. The Hall–Kier alpha value is -1.79. The SMILES string of the molecule is NC(=O)COCCNC(=O)c1ccc(N)cc1Cl. The molecule has 0 unspecified atom stereocenters. The third kappa shape index (κ3) is 4.60. The van der Waals surface area contributed by atoms with Gasteiger partial charge in [0, 0.05) is 12.2 Å². The Morgan fingerprint density at radius 3 is 2.72 bits per heavy atom. The molecule has 18 heavy (non-hydrogen) atoms. The smallest absolute Gasteiger partial charge is 0.252 e. The third-order valence-corrected chi connectivity index (χ3v) is 2.33. The van der Waals surface area contributed by atoms with Crippen LogP contribution < -0.4 is 16.8 Å². The van der Waals surface area contributed by atoms with Gasteiger partial charge in [-0.1, -0.05) is 11.6 Å². The first kappa shape index (κ1) is 14.3. The van der Waals surface area contributed by atoms with Crippen LogP contribution in [0.1, 0.15) is 10.4 Å². The number of benzene rings is 1. The molecule has 0 atom stereocenters. The lowest BCUT2D eigenvalue weighted by Crippen LogP contribution is -2.29. The lowest BCUT2D eigenvalue weighted by Gasteiger charge is -2.07. The molecule has 1 aromatic carbocycles. The normalized spacial score (nSPS) is 10.1. The van der Waals surface area contributed by atoms with Gasteiger partial charge in [0.05, 0.1) is 17.2 Å². The molecular weight excluding hydrogens is 258 g/mol. The molecule has 0 radical (unpaired) electrons. The minimum absolute atomic E-state index is 0.168.